The molecule has 1 N–H and O–H groups in total. The first-order valence-corrected chi connectivity index (χ1v) is 7.63. The highest BCUT2D eigenvalue weighted by Gasteiger charge is 2.21. The molecule has 0 amide bonds. The Hall–Kier alpha value is -1.40. The molecule has 0 fully saturated rings. The number of nitrogens with zero attached hydrogens (tertiary/aromatic N) is 2. The Kier molecular flexibility index (Phi) is 4.68. The van der Waals surface area contributed by atoms with Crippen molar-refractivity contribution in [3.05, 3.63) is 34.7 Å². The molecular weight excluding hydrogens is 334 g/mol. The molecule has 5 nitrogen and oxygen atoms in total. The minimum absolute atomic E-state index is 0.252. The highest BCUT2D eigenvalue weighted by molar-refractivity contribution is 9.10. The van der Waals surface area contributed by atoms with E-state index in [9.17, 15) is 4.79 Å². The molecule has 21 heavy (non-hydrogen) atoms. The van der Waals surface area contributed by atoms with E-state index in [1.807, 2.05) is 43.5 Å². The number of hydrogen-bond donors (Lipinski definition) is 1. The van der Waals surface area contributed by atoms with E-state index in [0.717, 1.165) is 15.8 Å². The van der Waals surface area contributed by atoms with Crippen LogP contribution in [0.3, 0.4) is 0 Å². The number of ether oxygens (including phenoxy) is 1. The molecule has 0 spiro atoms. The Labute approximate surface area is 132 Å². The number of hydrogen-bond acceptors (Lipinski definition) is 4. The smallest absolute Gasteiger partial charge is 0.323 e. The molecule has 0 saturated heterocycles. The highest BCUT2D eigenvalue weighted by Crippen LogP contribution is 2.14. The number of nitrogens with one attached hydrogen (secondary N) is 1. The average molecular weight is 354 g/mol. The van der Waals surface area contributed by atoms with Gasteiger partial charge in [0, 0.05) is 17.2 Å². The number of imidazole rings is 1. The predicted molar refractivity (Wildman–Crippen MR) is 85.0 cm³/mol. The third kappa shape index (κ3) is 4.28. The van der Waals surface area contributed by atoms with Gasteiger partial charge < -0.3 is 9.14 Å². The van der Waals surface area contributed by atoms with Crippen molar-refractivity contribution in [2.45, 2.75) is 45.9 Å². The number of aromatic nitrogens is 2. The van der Waals surface area contributed by atoms with Crippen LogP contribution in [0.1, 0.15) is 33.4 Å². The summed E-state index contributed by atoms with van der Waals surface area (Å²) in [5.74, 6) is -0.252. The van der Waals surface area contributed by atoms with Gasteiger partial charge in [0.05, 0.1) is 11.9 Å². The third-order valence-corrected chi connectivity index (χ3v) is 3.36. The van der Waals surface area contributed by atoms with Crippen molar-refractivity contribution in [2.24, 2.45) is 0 Å². The first kappa shape index (κ1) is 16.0. The molecule has 2 aromatic heterocycles. The molecular formula is C15H20BrN3O2. The topological polar surface area (TPSA) is 55.6 Å². The summed E-state index contributed by atoms with van der Waals surface area (Å²) in [6, 6.07) is 3.51. The summed E-state index contributed by atoms with van der Waals surface area (Å²) in [6.45, 7) is 7.92. The van der Waals surface area contributed by atoms with Crippen molar-refractivity contribution < 1.29 is 9.53 Å². The standard InChI is InChI=1S/C15H20BrN3O2/c1-10(14(20)21-15(2,3)4)17-7-12-8-18-13-6-5-11(16)9-19(12)13/h5-6,8-10,17H,7H2,1-4H3/t10-/m0/s1. The Morgan fingerprint density at radius 3 is 2.86 bits per heavy atom. The second kappa shape index (κ2) is 6.15. The fourth-order valence-electron chi connectivity index (χ4n) is 1.87. The maximum atomic E-state index is 11.9. The molecule has 0 radical (unpaired) electrons. The van der Waals surface area contributed by atoms with Gasteiger partial charge in [0.2, 0.25) is 0 Å². The lowest BCUT2D eigenvalue weighted by atomic mass is 10.2. The van der Waals surface area contributed by atoms with Crippen LogP contribution in [-0.2, 0) is 16.1 Å². The zero-order chi connectivity index (χ0) is 15.6. The molecule has 0 aromatic carbocycles. The van der Waals surface area contributed by atoms with Crippen LogP contribution in [0.2, 0.25) is 0 Å². The maximum Gasteiger partial charge on any atom is 0.323 e. The summed E-state index contributed by atoms with van der Waals surface area (Å²) in [7, 11) is 0. The Balaban J connectivity index is 2.01. The average Bonchev–Trinajstić information content (AvgIpc) is 2.76. The van der Waals surface area contributed by atoms with Gasteiger partial charge >= 0.3 is 5.97 Å². The molecule has 0 aliphatic rings. The van der Waals surface area contributed by atoms with Crippen molar-refractivity contribution in [3.8, 4) is 0 Å². The molecule has 6 heteroatoms. The second-order valence-corrected chi connectivity index (χ2v) is 6.88. The van der Waals surface area contributed by atoms with Crippen LogP contribution in [-0.4, -0.2) is 27.0 Å². The molecule has 0 aliphatic heterocycles. The van der Waals surface area contributed by atoms with Crippen LogP contribution in [0.25, 0.3) is 5.65 Å². The lowest BCUT2D eigenvalue weighted by Gasteiger charge is -2.22. The van der Waals surface area contributed by atoms with Crippen molar-refractivity contribution in [1.29, 1.82) is 0 Å². The summed E-state index contributed by atoms with van der Waals surface area (Å²) in [5, 5.41) is 3.17. The van der Waals surface area contributed by atoms with Gasteiger partial charge in [0.15, 0.2) is 0 Å². The number of fused-ring (bicyclic) bond motifs is 1. The van der Waals surface area contributed by atoms with E-state index in [0.29, 0.717) is 6.54 Å². The number of carbonyl (C=O) groups excluding carboxylic acids is 1. The number of esters is 1. The lowest BCUT2D eigenvalue weighted by Crippen LogP contribution is -2.39. The number of carbonyl (C=O) groups is 1. The minimum Gasteiger partial charge on any atom is -0.459 e. The normalized spacial score (nSPS) is 13.4. The molecule has 0 aliphatic carbocycles. The molecule has 1 atom stereocenters. The van der Waals surface area contributed by atoms with E-state index < -0.39 is 5.60 Å². The summed E-state index contributed by atoms with van der Waals surface area (Å²) >= 11 is 3.44. The maximum absolute atomic E-state index is 11.9. The van der Waals surface area contributed by atoms with Gasteiger partial charge in [-0.3, -0.25) is 10.1 Å². The van der Waals surface area contributed by atoms with E-state index in [2.05, 4.69) is 26.2 Å². The van der Waals surface area contributed by atoms with Crippen molar-refractivity contribution in [1.82, 2.24) is 14.7 Å². The second-order valence-electron chi connectivity index (χ2n) is 5.96. The lowest BCUT2D eigenvalue weighted by molar-refractivity contribution is -0.157. The highest BCUT2D eigenvalue weighted by atomic mass is 79.9. The minimum atomic E-state index is -0.471. The summed E-state index contributed by atoms with van der Waals surface area (Å²) in [4.78, 5) is 16.2. The van der Waals surface area contributed by atoms with Crippen molar-refractivity contribution >= 4 is 27.5 Å². The summed E-state index contributed by atoms with van der Waals surface area (Å²) in [6.07, 6.45) is 3.76. The SMILES string of the molecule is C[C@H](NCc1cnc2ccc(Br)cn12)C(=O)OC(C)(C)C. The first-order chi connectivity index (χ1) is 9.76. The Morgan fingerprint density at radius 2 is 2.19 bits per heavy atom. The van der Waals surface area contributed by atoms with Crippen LogP contribution in [0.4, 0.5) is 0 Å². The number of rotatable bonds is 4. The van der Waals surface area contributed by atoms with Gasteiger partial charge in [0.1, 0.15) is 17.3 Å². The van der Waals surface area contributed by atoms with Gasteiger partial charge in [-0.15, -0.1) is 0 Å². The molecule has 2 heterocycles. The zero-order valence-electron chi connectivity index (χ0n) is 12.7. The van der Waals surface area contributed by atoms with Gasteiger partial charge in [-0.1, -0.05) is 0 Å². The summed E-state index contributed by atoms with van der Waals surface area (Å²) in [5.41, 5.74) is 1.39. The molecule has 0 saturated carbocycles. The van der Waals surface area contributed by atoms with Crippen LogP contribution < -0.4 is 5.32 Å². The van der Waals surface area contributed by atoms with Gasteiger partial charge in [-0.25, -0.2) is 4.98 Å². The number of pyridine rings is 1. The Morgan fingerprint density at radius 1 is 1.48 bits per heavy atom. The molecule has 114 valence electrons. The van der Waals surface area contributed by atoms with E-state index in [1.54, 1.807) is 13.1 Å². The predicted octanol–water partition coefficient (Wildman–Crippen LogP) is 2.92. The van der Waals surface area contributed by atoms with Gasteiger partial charge in [-0.05, 0) is 55.8 Å². The fraction of sp³-hybridized carbons (Fsp3) is 0.467. The van der Waals surface area contributed by atoms with Crippen molar-refractivity contribution in [2.75, 3.05) is 0 Å². The third-order valence-electron chi connectivity index (χ3n) is 2.90. The van der Waals surface area contributed by atoms with Crippen molar-refractivity contribution in [3.63, 3.8) is 0 Å². The quantitative estimate of drug-likeness (QED) is 0.858. The van der Waals surface area contributed by atoms with Gasteiger partial charge in [0.25, 0.3) is 0 Å². The van der Waals surface area contributed by atoms with Crippen LogP contribution in [0, 0.1) is 0 Å². The van der Waals surface area contributed by atoms with Crippen LogP contribution in [0.5, 0.6) is 0 Å². The van der Waals surface area contributed by atoms with Crippen LogP contribution in [0.15, 0.2) is 29.0 Å². The Bertz CT molecular complexity index is 646. The van der Waals surface area contributed by atoms with E-state index in [4.69, 9.17) is 4.74 Å². The molecule has 0 bridgehead atoms. The van der Waals surface area contributed by atoms with E-state index in [-0.39, 0.29) is 12.0 Å². The fourth-order valence-corrected chi connectivity index (χ4v) is 2.20. The summed E-state index contributed by atoms with van der Waals surface area (Å²) < 4.78 is 8.31. The monoisotopic (exact) mass is 353 g/mol. The number of halogens is 1. The molecule has 0 unspecified atom stereocenters. The first-order valence-electron chi connectivity index (χ1n) is 6.84. The largest absolute Gasteiger partial charge is 0.459 e. The molecule has 2 rings (SSSR count). The zero-order valence-corrected chi connectivity index (χ0v) is 14.3. The van der Waals surface area contributed by atoms with E-state index in [1.165, 1.54) is 0 Å². The van der Waals surface area contributed by atoms with E-state index >= 15 is 0 Å². The molecule has 2 aromatic rings. The van der Waals surface area contributed by atoms with Gasteiger partial charge in [-0.2, -0.15) is 0 Å². The van der Waals surface area contributed by atoms with Crippen LogP contribution >= 0.6 is 15.9 Å².